The van der Waals surface area contributed by atoms with E-state index in [4.69, 9.17) is 24.3 Å². The Labute approximate surface area is 346 Å². The van der Waals surface area contributed by atoms with Crippen LogP contribution in [0.25, 0.3) is 0 Å². The van der Waals surface area contributed by atoms with E-state index in [1.165, 1.54) is 64.2 Å². The van der Waals surface area contributed by atoms with Crippen molar-refractivity contribution in [3.05, 3.63) is 97.2 Å². The van der Waals surface area contributed by atoms with Gasteiger partial charge in [0.15, 0.2) is 6.10 Å². The molecule has 0 spiro atoms. The van der Waals surface area contributed by atoms with Crippen molar-refractivity contribution in [1.29, 1.82) is 0 Å². The van der Waals surface area contributed by atoms with E-state index in [0.29, 0.717) is 12.8 Å². The third-order valence-corrected chi connectivity index (χ3v) is 9.58. The summed E-state index contributed by atoms with van der Waals surface area (Å²) >= 11 is 0. The van der Waals surface area contributed by atoms with Crippen LogP contribution in [-0.2, 0) is 32.7 Å². The smallest absolute Gasteiger partial charge is 0.462 e. The highest BCUT2D eigenvalue weighted by Gasteiger charge is 2.25. The summed E-state index contributed by atoms with van der Waals surface area (Å²) in [4.78, 5) is 34.8. The molecule has 0 saturated heterocycles. The summed E-state index contributed by atoms with van der Waals surface area (Å²) in [6, 6.07) is 0. The predicted octanol–water partition coefficient (Wildman–Crippen LogP) is 12.6. The standard InChI is InChI=1S/C47H78NO8P/c1-3-5-7-9-11-13-15-17-18-19-20-21-22-23-24-25-26-28-29-31-33-35-37-39-46(49)53-43-45(44-55-57(51,52)54-42-41-48)56-47(50)40-38-36-34-32-30-27-16-14-12-10-8-6-4-2/h5-8,10-14,16-18,27,30,32,34,45H,3-4,9,15,19-26,28-29,31,33,35-44,48H2,1-2H3,(H,51,52)/b7-5+,8-6+,12-10+,13-11+,16-14+,18-17+,30-27+,34-32+. The van der Waals surface area contributed by atoms with Gasteiger partial charge >= 0.3 is 19.8 Å². The fraction of sp³-hybridized carbons (Fsp3) is 0.617. The normalized spacial score (nSPS) is 14.2. The van der Waals surface area contributed by atoms with Crippen molar-refractivity contribution < 1.29 is 37.6 Å². The minimum absolute atomic E-state index is 0.0369. The quantitative estimate of drug-likeness (QED) is 0.0204. The van der Waals surface area contributed by atoms with Crippen LogP contribution in [0.1, 0.15) is 155 Å². The highest BCUT2D eigenvalue weighted by atomic mass is 31.2. The van der Waals surface area contributed by atoms with Gasteiger partial charge in [-0.25, -0.2) is 4.57 Å². The molecule has 0 saturated carbocycles. The molecular weight excluding hydrogens is 737 g/mol. The molecule has 0 fully saturated rings. The van der Waals surface area contributed by atoms with Crippen LogP contribution in [-0.4, -0.2) is 49.3 Å². The monoisotopic (exact) mass is 816 g/mol. The van der Waals surface area contributed by atoms with E-state index in [2.05, 4.69) is 56.4 Å². The molecule has 324 valence electrons. The number of rotatable bonds is 39. The molecule has 0 aromatic rings. The highest BCUT2D eigenvalue weighted by molar-refractivity contribution is 7.47. The molecule has 0 aromatic carbocycles. The van der Waals surface area contributed by atoms with E-state index in [9.17, 15) is 19.0 Å². The molecule has 0 amide bonds. The van der Waals surface area contributed by atoms with Crippen LogP contribution in [0, 0.1) is 0 Å². The Kier molecular flexibility index (Phi) is 40.2. The molecule has 0 rings (SSSR count). The van der Waals surface area contributed by atoms with Gasteiger partial charge in [0.25, 0.3) is 0 Å². The largest absolute Gasteiger partial charge is 0.472 e. The SMILES string of the molecule is CC/C=C/C=C/C=C/C=C/C=C/CCCC(=O)OC(COC(=O)CCCCCCCCCCCCCCC/C=C/C/C=C/C/C=C/CC)COP(=O)(O)OCCN. The van der Waals surface area contributed by atoms with Crippen LogP contribution in [0.4, 0.5) is 0 Å². The number of allylic oxidation sites excluding steroid dienone is 16. The third kappa shape index (κ3) is 42.4. The molecule has 9 nitrogen and oxygen atoms in total. The maximum atomic E-state index is 12.5. The average Bonchev–Trinajstić information content (AvgIpc) is 3.20. The van der Waals surface area contributed by atoms with Crippen LogP contribution >= 0.6 is 7.82 Å². The van der Waals surface area contributed by atoms with Gasteiger partial charge in [-0.3, -0.25) is 18.6 Å². The first-order valence-corrected chi connectivity index (χ1v) is 23.3. The molecule has 57 heavy (non-hydrogen) atoms. The number of phosphoric acid groups is 1. The van der Waals surface area contributed by atoms with Gasteiger partial charge in [-0.2, -0.15) is 0 Å². The molecule has 0 bridgehead atoms. The van der Waals surface area contributed by atoms with Crippen LogP contribution in [0.5, 0.6) is 0 Å². The lowest BCUT2D eigenvalue weighted by molar-refractivity contribution is -0.161. The molecular formula is C47H78NO8P. The van der Waals surface area contributed by atoms with Crippen molar-refractivity contribution in [3.8, 4) is 0 Å². The van der Waals surface area contributed by atoms with Crippen LogP contribution in [0.15, 0.2) is 97.2 Å². The van der Waals surface area contributed by atoms with Crippen molar-refractivity contribution in [2.75, 3.05) is 26.4 Å². The topological polar surface area (TPSA) is 134 Å². The zero-order valence-electron chi connectivity index (χ0n) is 35.5. The molecule has 0 aliphatic heterocycles. The van der Waals surface area contributed by atoms with Crippen molar-refractivity contribution >= 4 is 19.8 Å². The van der Waals surface area contributed by atoms with Crippen LogP contribution in [0.2, 0.25) is 0 Å². The highest BCUT2D eigenvalue weighted by Crippen LogP contribution is 2.43. The van der Waals surface area contributed by atoms with E-state index in [1.807, 2.05) is 54.7 Å². The van der Waals surface area contributed by atoms with E-state index in [0.717, 1.165) is 51.4 Å². The van der Waals surface area contributed by atoms with Crippen molar-refractivity contribution in [3.63, 3.8) is 0 Å². The Balaban J connectivity index is 4.15. The van der Waals surface area contributed by atoms with Gasteiger partial charge in [0.2, 0.25) is 0 Å². The maximum Gasteiger partial charge on any atom is 0.472 e. The van der Waals surface area contributed by atoms with Gasteiger partial charge in [0.05, 0.1) is 13.2 Å². The summed E-state index contributed by atoms with van der Waals surface area (Å²) in [5, 5.41) is 0. The lowest BCUT2D eigenvalue weighted by atomic mass is 10.0. The summed E-state index contributed by atoms with van der Waals surface area (Å²) < 4.78 is 32.7. The van der Waals surface area contributed by atoms with Crippen LogP contribution in [0.3, 0.4) is 0 Å². The third-order valence-electron chi connectivity index (χ3n) is 8.59. The summed E-state index contributed by atoms with van der Waals surface area (Å²) in [6.45, 7) is 3.37. The minimum atomic E-state index is -4.40. The zero-order chi connectivity index (χ0) is 41.8. The number of hydrogen-bond acceptors (Lipinski definition) is 8. The number of unbranched alkanes of at least 4 members (excludes halogenated alkanes) is 14. The summed E-state index contributed by atoms with van der Waals surface area (Å²) in [6.07, 6.45) is 54.6. The molecule has 0 aliphatic rings. The van der Waals surface area contributed by atoms with E-state index in [1.54, 1.807) is 0 Å². The number of esters is 2. The van der Waals surface area contributed by atoms with Gasteiger partial charge in [-0.05, 0) is 57.8 Å². The van der Waals surface area contributed by atoms with E-state index < -0.39 is 32.5 Å². The molecule has 2 atom stereocenters. The lowest BCUT2D eigenvalue weighted by Crippen LogP contribution is -2.29. The Morgan fingerprint density at radius 3 is 1.60 bits per heavy atom. The number of carbonyl (C=O) groups excluding carboxylic acids is 2. The first-order chi connectivity index (χ1) is 27.8. The first-order valence-electron chi connectivity index (χ1n) is 21.8. The van der Waals surface area contributed by atoms with Gasteiger partial charge in [0, 0.05) is 19.4 Å². The molecule has 0 radical (unpaired) electrons. The van der Waals surface area contributed by atoms with Gasteiger partial charge in [-0.1, -0.05) is 182 Å². The maximum absolute atomic E-state index is 12.5. The molecule has 0 heterocycles. The van der Waals surface area contributed by atoms with E-state index in [-0.39, 0.29) is 32.6 Å². The van der Waals surface area contributed by atoms with Crippen LogP contribution < -0.4 is 5.73 Å². The Morgan fingerprint density at radius 2 is 1.02 bits per heavy atom. The van der Waals surface area contributed by atoms with Crippen molar-refractivity contribution in [2.45, 2.75) is 161 Å². The number of hydrogen-bond donors (Lipinski definition) is 2. The average molecular weight is 816 g/mol. The predicted molar refractivity (Wildman–Crippen MR) is 238 cm³/mol. The second-order valence-electron chi connectivity index (χ2n) is 13.9. The fourth-order valence-electron chi connectivity index (χ4n) is 5.44. The molecule has 10 heteroatoms. The fourth-order valence-corrected chi connectivity index (χ4v) is 6.21. The van der Waals surface area contributed by atoms with Gasteiger partial charge in [-0.15, -0.1) is 0 Å². The van der Waals surface area contributed by atoms with Crippen molar-refractivity contribution in [2.24, 2.45) is 5.73 Å². The molecule has 0 aromatic heterocycles. The number of phosphoric ester groups is 1. The molecule has 3 N–H and O–H groups in total. The second kappa shape index (κ2) is 42.5. The van der Waals surface area contributed by atoms with Gasteiger partial charge in [0.1, 0.15) is 6.61 Å². The Morgan fingerprint density at radius 1 is 0.544 bits per heavy atom. The zero-order valence-corrected chi connectivity index (χ0v) is 36.4. The summed E-state index contributed by atoms with van der Waals surface area (Å²) in [5.74, 6) is -0.925. The number of nitrogens with two attached hydrogens (primary N) is 1. The molecule has 0 aliphatic carbocycles. The minimum Gasteiger partial charge on any atom is -0.462 e. The van der Waals surface area contributed by atoms with Gasteiger partial charge < -0.3 is 20.1 Å². The Hall–Kier alpha value is -3.07. The summed E-state index contributed by atoms with van der Waals surface area (Å²) in [5.41, 5.74) is 5.34. The number of ether oxygens (including phenoxy) is 2. The first kappa shape index (κ1) is 53.9. The Bertz CT molecular complexity index is 1250. The second-order valence-corrected chi connectivity index (χ2v) is 15.4. The molecule has 2 unspecified atom stereocenters. The summed E-state index contributed by atoms with van der Waals surface area (Å²) in [7, 11) is -4.40. The number of carbonyl (C=O) groups is 2. The lowest BCUT2D eigenvalue weighted by Gasteiger charge is -2.19. The van der Waals surface area contributed by atoms with E-state index >= 15 is 0 Å². The van der Waals surface area contributed by atoms with Crippen molar-refractivity contribution in [1.82, 2.24) is 0 Å².